The largest absolute Gasteiger partial charge is 0.493 e. The Morgan fingerprint density at radius 3 is 2.63 bits per heavy atom. The molecule has 1 amide bonds. The molecule has 4 fully saturated rings. The van der Waals surface area contributed by atoms with Crippen molar-refractivity contribution in [1.82, 2.24) is 4.90 Å². The highest BCUT2D eigenvalue weighted by atomic mass is 16.5. The van der Waals surface area contributed by atoms with Crippen molar-refractivity contribution in [2.75, 3.05) is 39.7 Å². The maximum Gasteiger partial charge on any atom is 0.314 e. The molecule has 1 N–H and O–H groups in total. The molecule has 0 aromatic heterocycles. The van der Waals surface area contributed by atoms with Crippen LogP contribution in [0, 0.1) is 17.3 Å². The van der Waals surface area contributed by atoms with Gasteiger partial charge in [0, 0.05) is 24.3 Å². The highest BCUT2D eigenvalue weighted by Crippen LogP contribution is 2.66. The summed E-state index contributed by atoms with van der Waals surface area (Å²) in [7, 11) is 4.63. The number of nitrogens with one attached hydrogen (secondary N) is 1. The van der Waals surface area contributed by atoms with Crippen molar-refractivity contribution in [3.8, 4) is 11.5 Å². The summed E-state index contributed by atoms with van der Waals surface area (Å²) in [5.74, 6) is 1.56. The fraction of sp³-hybridized carbons (Fsp3) is 0.652. The van der Waals surface area contributed by atoms with Crippen LogP contribution in [-0.4, -0.2) is 57.2 Å². The maximum absolute atomic E-state index is 13.8. The van der Waals surface area contributed by atoms with Gasteiger partial charge in [-0.1, -0.05) is 13.3 Å². The van der Waals surface area contributed by atoms with Crippen LogP contribution in [0.25, 0.3) is 0 Å². The van der Waals surface area contributed by atoms with Gasteiger partial charge in [0.2, 0.25) is 5.91 Å². The quantitative estimate of drug-likeness (QED) is 0.763. The first-order valence-electron chi connectivity index (χ1n) is 10.9. The Morgan fingerprint density at radius 2 is 1.97 bits per heavy atom. The number of methoxy groups -OCH3 is 3. The number of carbonyl (C=O) groups excluding carboxylic acids is 2. The van der Waals surface area contributed by atoms with E-state index < -0.39 is 10.8 Å². The van der Waals surface area contributed by atoms with Gasteiger partial charge >= 0.3 is 5.97 Å². The number of hydrogen-bond donors (Lipinski definition) is 1. The topological polar surface area (TPSA) is 77.1 Å². The summed E-state index contributed by atoms with van der Waals surface area (Å²) < 4.78 is 16.5. The molecule has 4 aliphatic heterocycles. The molecule has 30 heavy (non-hydrogen) atoms. The Balaban J connectivity index is 1.78. The second kappa shape index (κ2) is 6.61. The van der Waals surface area contributed by atoms with E-state index in [1.807, 2.05) is 12.1 Å². The van der Waals surface area contributed by atoms with Crippen LogP contribution in [0.15, 0.2) is 12.1 Å². The van der Waals surface area contributed by atoms with Gasteiger partial charge in [0.15, 0.2) is 11.5 Å². The van der Waals surface area contributed by atoms with E-state index in [1.54, 1.807) is 14.2 Å². The molecule has 1 saturated carbocycles. The first-order chi connectivity index (χ1) is 14.5. The summed E-state index contributed by atoms with van der Waals surface area (Å²) in [5, 5.41) is 3.08. The van der Waals surface area contributed by atoms with Gasteiger partial charge in [0.1, 0.15) is 5.41 Å². The zero-order valence-electron chi connectivity index (χ0n) is 18.1. The molecule has 6 atom stereocenters. The van der Waals surface area contributed by atoms with Gasteiger partial charge < -0.3 is 19.5 Å². The number of nitrogens with zero attached hydrogens (tertiary/aromatic N) is 1. The van der Waals surface area contributed by atoms with Crippen LogP contribution in [0.3, 0.4) is 0 Å². The molecule has 4 heterocycles. The highest BCUT2D eigenvalue weighted by Gasteiger charge is 2.75. The van der Waals surface area contributed by atoms with Gasteiger partial charge in [-0.25, -0.2) is 0 Å². The van der Waals surface area contributed by atoms with Crippen molar-refractivity contribution in [2.24, 2.45) is 17.3 Å². The Kier molecular flexibility index (Phi) is 4.33. The van der Waals surface area contributed by atoms with E-state index in [-0.39, 0.29) is 17.9 Å². The normalized spacial score (nSPS) is 38.2. The zero-order valence-corrected chi connectivity index (χ0v) is 18.1. The molecule has 1 aromatic carbocycles. The third-order valence-electron chi connectivity index (χ3n) is 8.31. The Morgan fingerprint density at radius 1 is 1.23 bits per heavy atom. The highest BCUT2D eigenvalue weighted by molar-refractivity contribution is 6.10. The second-order valence-electron chi connectivity index (χ2n) is 9.24. The summed E-state index contributed by atoms with van der Waals surface area (Å²) in [6, 6.07) is 3.73. The molecule has 0 radical (unpaired) electrons. The minimum atomic E-state index is -0.956. The van der Waals surface area contributed by atoms with E-state index in [4.69, 9.17) is 14.2 Å². The Labute approximate surface area is 177 Å². The van der Waals surface area contributed by atoms with Crippen LogP contribution in [0.1, 0.15) is 38.2 Å². The molecule has 7 heteroatoms. The monoisotopic (exact) mass is 414 g/mol. The van der Waals surface area contributed by atoms with E-state index in [9.17, 15) is 9.59 Å². The summed E-state index contributed by atoms with van der Waals surface area (Å²) in [6.07, 6.45) is 3.40. The molecule has 6 rings (SSSR count). The SMILES string of the molecule is CC[C@@H]1C[C@@H]2CN3CC[C@]4(C(=O)Nc5cc(OC)c(OC)cc54)[C@@](C(=O)OC)(C2)[C@@H]13. The number of carbonyl (C=O) groups is 2. The smallest absolute Gasteiger partial charge is 0.314 e. The number of anilines is 1. The standard InChI is InChI=1S/C23H30N2O5/c1-5-14-8-13-11-23(21(27)30-4)19(14)25(12-13)7-6-22(23)15-9-17(28-2)18(29-3)10-16(15)24-20(22)26/h9-10,13-14,19H,5-8,11-12H2,1-4H3,(H,24,26)/t13-,14+,19+,22-,23-/m0/s1. The van der Waals surface area contributed by atoms with Gasteiger partial charge in [0.25, 0.3) is 0 Å². The molecule has 4 bridgehead atoms. The summed E-state index contributed by atoms with van der Waals surface area (Å²) in [6.45, 7) is 4.00. The number of esters is 1. The molecule has 5 aliphatic rings. The number of piperidine rings is 3. The lowest BCUT2D eigenvalue weighted by atomic mass is 9.44. The minimum Gasteiger partial charge on any atom is -0.493 e. The Hall–Kier alpha value is -2.28. The van der Waals surface area contributed by atoms with E-state index >= 15 is 0 Å². The number of amides is 1. The van der Waals surface area contributed by atoms with Crippen LogP contribution in [0.2, 0.25) is 0 Å². The van der Waals surface area contributed by atoms with Crippen LogP contribution in [-0.2, 0) is 19.7 Å². The maximum atomic E-state index is 13.8. The lowest BCUT2D eigenvalue weighted by molar-refractivity contribution is -0.204. The molecule has 3 saturated heterocycles. The first-order valence-corrected chi connectivity index (χ1v) is 10.9. The fourth-order valence-corrected chi connectivity index (χ4v) is 7.33. The van der Waals surface area contributed by atoms with Gasteiger partial charge in [-0.15, -0.1) is 0 Å². The molecule has 1 aromatic rings. The number of ether oxygens (including phenoxy) is 3. The van der Waals surface area contributed by atoms with E-state index in [0.29, 0.717) is 41.9 Å². The molecular weight excluding hydrogens is 384 g/mol. The van der Waals surface area contributed by atoms with Crippen molar-refractivity contribution in [3.05, 3.63) is 17.7 Å². The van der Waals surface area contributed by atoms with Gasteiger partial charge in [-0.05, 0) is 49.3 Å². The third-order valence-corrected chi connectivity index (χ3v) is 8.31. The lowest BCUT2D eigenvalue weighted by Gasteiger charge is -2.66. The van der Waals surface area contributed by atoms with E-state index in [0.717, 1.165) is 31.5 Å². The number of hydrogen-bond acceptors (Lipinski definition) is 6. The van der Waals surface area contributed by atoms with Crippen molar-refractivity contribution in [3.63, 3.8) is 0 Å². The third kappa shape index (κ3) is 2.14. The van der Waals surface area contributed by atoms with Gasteiger partial charge in [0.05, 0.1) is 26.7 Å². The minimum absolute atomic E-state index is 0.0125. The van der Waals surface area contributed by atoms with Crippen LogP contribution in [0.5, 0.6) is 11.5 Å². The van der Waals surface area contributed by atoms with Crippen LogP contribution >= 0.6 is 0 Å². The number of benzene rings is 1. The average molecular weight is 415 g/mol. The summed E-state index contributed by atoms with van der Waals surface area (Å²) in [5.41, 5.74) is -0.291. The van der Waals surface area contributed by atoms with E-state index in [2.05, 4.69) is 17.1 Å². The zero-order chi connectivity index (χ0) is 21.3. The van der Waals surface area contributed by atoms with Gasteiger partial charge in [-0.2, -0.15) is 0 Å². The fourth-order valence-electron chi connectivity index (χ4n) is 7.33. The van der Waals surface area contributed by atoms with Crippen molar-refractivity contribution in [1.29, 1.82) is 0 Å². The molecule has 162 valence electrons. The van der Waals surface area contributed by atoms with Crippen molar-refractivity contribution >= 4 is 17.6 Å². The predicted octanol–water partition coefficient (Wildman–Crippen LogP) is 2.58. The van der Waals surface area contributed by atoms with Crippen molar-refractivity contribution in [2.45, 2.75) is 44.1 Å². The van der Waals surface area contributed by atoms with Gasteiger partial charge in [-0.3, -0.25) is 14.5 Å². The summed E-state index contributed by atoms with van der Waals surface area (Å²) in [4.78, 5) is 29.9. The predicted molar refractivity (Wildman–Crippen MR) is 111 cm³/mol. The Bertz CT molecular complexity index is 909. The van der Waals surface area contributed by atoms with Crippen molar-refractivity contribution < 1.29 is 23.8 Å². The average Bonchev–Trinajstić information content (AvgIpc) is 3.05. The molecule has 1 unspecified atom stereocenters. The second-order valence-corrected chi connectivity index (χ2v) is 9.24. The molecule has 1 spiro atoms. The van der Waals surface area contributed by atoms with Crippen LogP contribution < -0.4 is 14.8 Å². The molecule has 1 aliphatic carbocycles. The molecular formula is C23H30N2O5. The lowest BCUT2D eigenvalue weighted by Crippen LogP contribution is -2.76. The number of rotatable bonds is 4. The first kappa shape index (κ1) is 19.7. The summed E-state index contributed by atoms with van der Waals surface area (Å²) >= 11 is 0. The molecule has 7 nitrogen and oxygen atoms in total. The number of fused-ring (bicyclic) bond motifs is 3. The van der Waals surface area contributed by atoms with Crippen LogP contribution in [0.4, 0.5) is 5.69 Å². The van der Waals surface area contributed by atoms with E-state index in [1.165, 1.54) is 7.11 Å².